The first kappa shape index (κ1) is 21.3. The molecule has 0 aromatic carbocycles. The molecule has 0 bridgehead atoms. The third-order valence-electron chi connectivity index (χ3n) is 5.58. The molecule has 0 N–H and O–H groups in total. The zero-order valence-corrected chi connectivity index (χ0v) is 21.4. The van der Waals surface area contributed by atoms with E-state index in [1.807, 2.05) is 0 Å². The summed E-state index contributed by atoms with van der Waals surface area (Å²) < 4.78 is 20.0. The van der Waals surface area contributed by atoms with Crippen LogP contribution >= 0.6 is 0 Å². The second kappa shape index (κ2) is 13.6. The summed E-state index contributed by atoms with van der Waals surface area (Å²) in [7, 11) is 0. The van der Waals surface area contributed by atoms with Gasteiger partial charge in [0.15, 0.2) is 0 Å². The zero-order chi connectivity index (χ0) is 17.8. The van der Waals surface area contributed by atoms with Crippen LogP contribution in [0.4, 0.5) is 0 Å². The molecule has 0 fully saturated rings. The first-order valence-corrected chi connectivity index (χ1v) is 23.1. The molecule has 0 heterocycles. The van der Waals surface area contributed by atoms with Gasteiger partial charge in [-0.1, -0.05) is 0 Å². The Morgan fingerprint density at radius 3 is 1.36 bits per heavy atom. The topological polar surface area (TPSA) is 9.23 Å². The van der Waals surface area contributed by atoms with Gasteiger partial charge in [-0.15, -0.1) is 0 Å². The third-order valence-corrected chi connectivity index (χ3v) is 29.7. The van der Waals surface area contributed by atoms with Crippen LogP contribution in [0.3, 0.4) is 0 Å². The summed E-state index contributed by atoms with van der Waals surface area (Å²) >= 11 is -4.72. The van der Waals surface area contributed by atoms with E-state index in [0.717, 1.165) is 0 Å². The summed E-state index contributed by atoms with van der Waals surface area (Å²) in [4.78, 5) is 0. The van der Waals surface area contributed by atoms with Gasteiger partial charge in [0.05, 0.1) is 0 Å². The molecule has 0 aliphatic carbocycles. The molecule has 0 aliphatic heterocycles. The fourth-order valence-electron chi connectivity index (χ4n) is 3.39. The Morgan fingerprint density at radius 2 is 1.09 bits per heavy atom. The third kappa shape index (κ3) is 8.41. The van der Waals surface area contributed by atoms with Gasteiger partial charge in [-0.25, -0.2) is 0 Å². The van der Waals surface area contributed by atoms with Crippen LogP contribution in [0.15, 0.2) is 0 Å². The molecule has 0 aliphatic rings. The summed E-state index contributed by atoms with van der Waals surface area (Å²) in [5.41, 5.74) is 0. The molecule has 0 aromatic heterocycles. The summed E-state index contributed by atoms with van der Waals surface area (Å²) in [6.45, 7) is 13.9. The van der Waals surface area contributed by atoms with Crippen molar-refractivity contribution in [3.05, 3.63) is 0 Å². The van der Waals surface area contributed by atoms with E-state index in [1.54, 1.807) is 0 Å². The van der Waals surface area contributed by atoms with Gasteiger partial charge in [0.25, 0.3) is 0 Å². The molecule has 0 saturated heterocycles. The molecule has 0 unspecified atom stereocenters. The molecule has 1 atom stereocenters. The SMILES string of the molecule is [2H][C@@H]([O][Ge]([CH2]C)([CH2]C)[CH2]C)[Sn]([CH2]CCC)([CH2]CCC)[CH2]CCC. The monoisotopic (exact) mass is 483 g/mol. The van der Waals surface area contributed by atoms with Crippen molar-refractivity contribution in [3.63, 3.8) is 0 Å². The molecule has 0 amide bonds. The minimum absolute atomic E-state index is 0.0752. The maximum atomic E-state index is 9.10. The predicted molar refractivity (Wildman–Crippen MR) is 108 cm³/mol. The Balaban J connectivity index is 5.30. The van der Waals surface area contributed by atoms with Crippen LogP contribution < -0.4 is 0 Å². The van der Waals surface area contributed by atoms with Crippen LogP contribution in [0.2, 0.25) is 29.1 Å². The number of unbranched alkanes of at least 4 members (excludes halogenated alkanes) is 3. The average molecular weight is 481 g/mol. The van der Waals surface area contributed by atoms with Crippen LogP contribution in [0, 0.1) is 0 Å². The average Bonchev–Trinajstić information content (AvgIpc) is 2.59. The molecule has 0 spiro atoms. The Bertz CT molecular complexity index is 255. The van der Waals surface area contributed by atoms with E-state index >= 15 is 0 Å². The summed E-state index contributed by atoms with van der Waals surface area (Å²) in [6.07, 6.45) is 7.87. The van der Waals surface area contributed by atoms with E-state index in [9.17, 15) is 0 Å². The number of hydrogen-bond donors (Lipinski definition) is 0. The summed E-state index contributed by atoms with van der Waals surface area (Å²) in [5, 5.41) is 3.71. The van der Waals surface area contributed by atoms with E-state index in [2.05, 4.69) is 41.5 Å². The molecule has 22 heavy (non-hydrogen) atoms. The molecule has 3 heteroatoms. The molecule has 0 saturated carbocycles. The molecule has 0 radical (unpaired) electrons. The maximum absolute atomic E-state index is 9.10. The standard InChI is InChI=1S/C7H17GeO.3C4H9.Sn/c1-5-8(6-2,7-3)9-4;3*1-3-4-2;/h4-7H2,1-3H3;3*1,3-4H2,2H3;/i4D;;;;. The summed E-state index contributed by atoms with van der Waals surface area (Å²) in [5.74, 6) is 0. The fraction of sp³-hybridized carbons (Fsp3) is 1.00. The van der Waals surface area contributed by atoms with Crippen LogP contribution in [-0.4, -0.2) is 36.6 Å². The van der Waals surface area contributed by atoms with Crippen molar-refractivity contribution in [1.82, 2.24) is 0 Å². The quantitative estimate of drug-likeness (QED) is 0.222. The second-order valence-electron chi connectivity index (χ2n) is 7.15. The molecule has 0 rings (SSSR count). The van der Waals surface area contributed by atoms with Gasteiger partial charge < -0.3 is 0 Å². The van der Waals surface area contributed by atoms with E-state index in [4.69, 9.17) is 5.13 Å². The Kier molecular flexibility index (Phi) is 13.2. The van der Waals surface area contributed by atoms with Crippen molar-refractivity contribution < 1.29 is 5.13 Å². The van der Waals surface area contributed by atoms with Crippen molar-refractivity contribution in [3.8, 4) is 0 Å². The van der Waals surface area contributed by atoms with Crippen molar-refractivity contribution in [2.75, 3.05) is 4.60 Å². The second-order valence-corrected chi connectivity index (χ2v) is 29.8. The zero-order valence-electron chi connectivity index (χ0n) is 17.5. The van der Waals surface area contributed by atoms with Crippen LogP contribution in [0.5, 0.6) is 0 Å². The van der Waals surface area contributed by atoms with Crippen LogP contribution in [0.25, 0.3) is 0 Å². The molecule has 1 nitrogen and oxygen atoms in total. The van der Waals surface area contributed by atoms with Crippen molar-refractivity contribution in [2.24, 2.45) is 0 Å². The van der Waals surface area contributed by atoms with Crippen molar-refractivity contribution >= 4 is 32.0 Å². The summed E-state index contributed by atoms with van der Waals surface area (Å²) in [6, 6.07) is 0. The van der Waals surface area contributed by atoms with Crippen LogP contribution in [0.1, 0.15) is 81.4 Å². The minimum atomic E-state index is -2.52. The van der Waals surface area contributed by atoms with Gasteiger partial charge in [-0.05, 0) is 0 Å². The number of hydrogen-bond acceptors (Lipinski definition) is 1. The molecule has 134 valence electrons. The van der Waals surface area contributed by atoms with E-state index < -0.39 is 32.0 Å². The van der Waals surface area contributed by atoms with Gasteiger partial charge in [0.1, 0.15) is 0 Å². The molecular weight excluding hydrogens is 436 g/mol. The first-order valence-electron chi connectivity index (χ1n) is 10.7. The van der Waals surface area contributed by atoms with Crippen LogP contribution in [-0.2, 0) is 3.76 Å². The van der Waals surface area contributed by atoms with Gasteiger partial charge in [0.2, 0.25) is 0 Å². The van der Waals surface area contributed by atoms with Crippen molar-refractivity contribution in [1.29, 1.82) is 0 Å². The fourth-order valence-corrected chi connectivity index (χ4v) is 28.3. The number of rotatable bonds is 15. The predicted octanol–water partition coefficient (Wildman–Crippen LogP) is 7.40. The Morgan fingerprint density at radius 1 is 0.727 bits per heavy atom. The van der Waals surface area contributed by atoms with E-state index in [1.165, 1.54) is 67.6 Å². The Hall–Kier alpha value is 1.30. The van der Waals surface area contributed by atoms with E-state index in [-0.39, 0.29) is 4.60 Å². The van der Waals surface area contributed by atoms with Crippen molar-refractivity contribution in [2.45, 2.75) is 109 Å². The van der Waals surface area contributed by atoms with Gasteiger partial charge >= 0.3 is 151 Å². The van der Waals surface area contributed by atoms with Gasteiger partial charge in [-0.3, -0.25) is 0 Å². The molecular formula is C19H44GeOSn. The van der Waals surface area contributed by atoms with E-state index in [0.29, 0.717) is 0 Å². The Labute approximate surface area is 150 Å². The van der Waals surface area contributed by atoms with Gasteiger partial charge in [-0.2, -0.15) is 0 Å². The van der Waals surface area contributed by atoms with Gasteiger partial charge in [0, 0.05) is 0 Å². The normalized spacial score (nSPS) is 14.9. The first-order chi connectivity index (χ1) is 11.0. The molecule has 0 aromatic rings.